The van der Waals surface area contributed by atoms with Crippen molar-refractivity contribution in [2.24, 2.45) is 0 Å². The highest BCUT2D eigenvalue weighted by atomic mass is 32.2. The van der Waals surface area contributed by atoms with Crippen molar-refractivity contribution in [3.05, 3.63) is 45.5 Å². The summed E-state index contributed by atoms with van der Waals surface area (Å²) in [5.74, 6) is 0. The number of nitrogens with zero attached hydrogens (tertiary/aromatic N) is 1. The fraction of sp³-hybridized carbons (Fsp3) is 0.167. The molecule has 0 radical (unpaired) electrons. The smallest absolute Gasteiger partial charge is 0.304 e. The lowest BCUT2D eigenvalue weighted by Crippen LogP contribution is -2.11. The van der Waals surface area contributed by atoms with Crippen LogP contribution >= 0.6 is 11.3 Å². The number of benzene rings is 1. The molecular weight excluding hydrogens is 314 g/mol. The summed E-state index contributed by atoms with van der Waals surface area (Å²) < 4.78 is 26.7. The van der Waals surface area contributed by atoms with E-state index in [-0.39, 0.29) is 9.21 Å². The first-order valence-electron chi connectivity index (χ1n) is 5.84. The third-order valence-electron chi connectivity index (χ3n) is 2.65. The molecule has 1 aromatic carbocycles. The van der Waals surface area contributed by atoms with E-state index in [2.05, 4.69) is 4.72 Å². The minimum absolute atomic E-state index is 0.138. The number of nitro groups is 1. The standard InChI is InChI=1S/C12H13N3O4S2/c1-7-3-8(2)5-9(4-7)14-21(18,19)11-6-10(15(16)17)12(13)20-11/h3-6,14H,13H2,1-2H3. The van der Waals surface area contributed by atoms with Crippen LogP contribution in [-0.4, -0.2) is 13.3 Å². The molecule has 1 heterocycles. The molecule has 0 saturated heterocycles. The van der Waals surface area contributed by atoms with Gasteiger partial charge in [0.15, 0.2) is 5.00 Å². The molecule has 0 amide bonds. The van der Waals surface area contributed by atoms with Crippen molar-refractivity contribution in [1.29, 1.82) is 0 Å². The summed E-state index contributed by atoms with van der Waals surface area (Å²) in [6.07, 6.45) is 0. The number of anilines is 2. The van der Waals surface area contributed by atoms with Gasteiger partial charge in [-0.3, -0.25) is 14.8 Å². The lowest BCUT2D eigenvalue weighted by molar-refractivity contribution is -0.383. The van der Waals surface area contributed by atoms with Crippen LogP contribution in [0.5, 0.6) is 0 Å². The number of sulfonamides is 1. The number of hydrogen-bond donors (Lipinski definition) is 2. The van der Waals surface area contributed by atoms with E-state index in [9.17, 15) is 18.5 Å². The number of thiophene rings is 1. The molecule has 21 heavy (non-hydrogen) atoms. The van der Waals surface area contributed by atoms with Crippen molar-refractivity contribution < 1.29 is 13.3 Å². The van der Waals surface area contributed by atoms with Crippen molar-refractivity contribution in [2.75, 3.05) is 10.5 Å². The molecule has 2 aromatic rings. The Kier molecular flexibility index (Phi) is 3.88. The predicted octanol–water partition coefficient (Wildman–Crippen LogP) is 2.66. The quantitative estimate of drug-likeness (QED) is 0.661. The van der Waals surface area contributed by atoms with Gasteiger partial charge in [-0.2, -0.15) is 0 Å². The van der Waals surface area contributed by atoms with Gasteiger partial charge in [0.1, 0.15) is 4.21 Å². The predicted molar refractivity (Wildman–Crippen MR) is 82.1 cm³/mol. The Morgan fingerprint density at radius 2 is 1.76 bits per heavy atom. The summed E-state index contributed by atoms with van der Waals surface area (Å²) >= 11 is 0.663. The van der Waals surface area contributed by atoms with E-state index < -0.39 is 20.6 Å². The molecule has 0 aliphatic rings. The topological polar surface area (TPSA) is 115 Å². The van der Waals surface area contributed by atoms with Crippen LogP contribution in [0.25, 0.3) is 0 Å². The molecule has 112 valence electrons. The van der Waals surface area contributed by atoms with Gasteiger partial charge in [-0.1, -0.05) is 17.4 Å². The van der Waals surface area contributed by atoms with E-state index in [0.717, 1.165) is 17.2 Å². The summed E-state index contributed by atoms with van der Waals surface area (Å²) in [7, 11) is -3.90. The first-order valence-corrected chi connectivity index (χ1v) is 8.14. The van der Waals surface area contributed by atoms with Crippen LogP contribution in [0.1, 0.15) is 11.1 Å². The van der Waals surface area contributed by atoms with Gasteiger partial charge < -0.3 is 5.73 Å². The Bertz CT molecular complexity index is 792. The zero-order chi connectivity index (χ0) is 15.8. The molecular formula is C12H13N3O4S2. The van der Waals surface area contributed by atoms with Crippen LogP contribution in [0.2, 0.25) is 0 Å². The number of hydrogen-bond acceptors (Lipinski definition) is 6. The molecule has 2 rings (SSSR count). The van der Waals surface area contributed by atoms with Gasteiger partial charge in [-0.25, -0.2) is 8.42 Å². The molecule has 0 spiro atoms. The first-order chi connectivity index (χ1) is 9.69. The van der Waals surface area contributed by atoms with Crippen LogP contribution in [-0.2, 0) is 10.0 Å². The minimum Gasteiger partial charge on any atom is -0.385 e. The highest BCUT2D eigenvalue weighted by Gasteiger charge is 2.24. The third kappa shape index (κ3) is 3.31. The average molecular weight is 327 g/mol. The molecule has 1 aromatic heterocycles. The minimum atomic E-state index is -3.90. The number of nitrogens with one attached hydrogen (secondary N) is 1. The zero-order valence-corrected chi connectivity index (χ0v) is 12.9. The van der Waals surface area contributed by atoms with Gasteiger partial charge in [0.05, 0.1) is 4.92 Å². The van der Waals surface area contributed by atoms with E-state index in [0.29, 0.717) is 17.0 Å². The Hall–Kier alpha value is -2.13. The molecule has 0 saturated carbocycles. The van der Waals surface area contributed by atoms with Gasteiger partial charge in [0.2, 0.25) is 0 Å². The molecule has 0 fully saturated rings. The summed E-state index contributed by atoms with van der Waals surface area (Å²) in [5.41, 5.74) is 7.28. The number of nitrogens with two attached hydrogens (primary N) is 1. The third-order valence-corrected chi connectivity index (χ3v) is 5.46. The SMILES string of the molecule is Cc1cc(C)cc(NS(=O)(=O)c2cc([N+](=O)[O-])c(N)s2)c1. The van der Waals surface area contributed by atoms with Crippen molar-refractivity contribution >= 4 is 37.7 Å². The van der Waals surface area contributed by atoms with E-state index in [4.69, 9.17) is 5.73 Å². The summed E-state index contributed by atoms with van der Waals surface area (Å²) in [6.45, 7) is 3.69. The van der Waals surface area contributed by atoms with Crippen molar-refractivity contribution in [3.8, 4) is 0 Å². The van der Waals surface area contributed by atoms with Gasteiger partial charge >= 0.3 is 5.69 Å². The van der Waals surface area contributed by atoms with Gasteiger partial charge in [0.25, 0.3) is 10.0 Å². The maximum absolute atomic E-state index is 12.2. The summed E-state index contributed by atoms with van der Waals surface area (Å²) in [4.78, 5) is 10.0. The lowest BCUT2D eigenvalue weighted by atomic mass is 10.1. The molecule has 9 heteroatoms. The van der Waals surface area contributed by atoms with Gasteiger partial charge in [-0.05, 0) is 37.1 Å². The largest absolute Gasteiger partial charge is 0.385 e. The molecule has 0 unspecified atom stereocenters. The lowest BCUT2D eigenvalue weighted by Gasteiger charge is -2.08. The highest BCUT2D eigenvalue weighted by molar-refractivity contribution is 7.94. The van der Waals surface area contributed by atoms with E-state index in [1.165, 1.54) is 0 Å². The molecule has 0 atom stereocenters. The molecule has 0 bridgehead atoms. The summed E-state index contributed by atoms with van der Waals surface area (Å²) in [5, 5.41) is 10.6. The van der Waals surface area contributed by atoms with E-state index in [1.807, 2.05) is 19.9 Å². The van der Waals surface area contributed by atoms with Crippen LogP contribution in [0.3, 0.4) is 0 Å². The second-order valence-electron chi connectivity index (χ2n) is 4.55. The molecule has 7 nitrogen and oxygen atoms in total. The Balaban J connectivity index is 2.38. The van der Waals surface area contributed by atoms with Gasteiger partial charge in [-0.15, -0.1) is 0 Å². The zero-order valence-electron chi connectivity index (χ0n) is 11.3. The second-order valence-corrected chi connectivity index (χ2v) is 7.55. The van der Waals surface area contributed by atoms with Crippen LogP contribution in [0.15, 0.2) is 28.5 Å². The fourth-order valence-corrected chi connectivity index (χ4v) is 4.14. The number of rotatable bonds is 4. The van der Waals surface area contributed by atoms with E-state index >= 15 is 0 Å². The average Bonchev–Trinajstić information content (AvgIpc) is 2.70. The maximum atomic E-state index is 12.2. The fourth-order valence-electron chi connectivity index (χ4n) is 1.89. The van der Waals surface area contributed by atoms with Crippen LogP contribution in [0, 0.1) is 24.0 Å². The second kappa shape index (κ2) is 5.34. The molecule has 0 aliphatic heterocycles. The van der Waals surface area contributed by atoms with E-state index in [1.54, 1.807) is 12.1 Å². The summed E-state index contributed by atoms with van der Waals surface area (Å²) in [6, 6.07) is 6.22. The van der Waals surface area contributed by atoms with Crippen LogP contribution in [0.4, 0.5) is 16.4 Å². The van der Waals surface area contributed by atoms with Gasteiger partial charge in [0, 0.05) is 11.8 Å². The first kappa shape index (κ1) is 15.3. The molecule has 0 aliphatic carbocycles. The Morgan fingerprint density at radius 1 is 1.19 bits per heavy atom. The Labute approximate surface area is 125 Å². The number of nitrogen functional groups attached to an aromatic ring is 1. The van der Waals surface area contributed by atoms with Crippen molar-refractivity contribution in [3.63, 3.8) is 0 Å². The Morgan fingerprint density at radius 3 is 2.24 bits per heavy atom. The van der Waals surface area contributed by atoms with Crippen LogP contribution < -0.4 is 10.5 Å². The van der Waals surface area contributed by atoms with Crippen molar-refractivity contribution in [2.45, 2.75) is 18.1 Å². The molecule has 3 N–H and O–H groups in total. The monoisotopic (exact) mass is 327 g/mol. The maximum Gasteiger partial charge on any atom is 0.304 e. The highest BCUT2D eigenvalue weighted by Crippen LogP contribution is 2.35. The number of aryl methyl sites for hydroxylation is 2. The normalized spacial score (nSPS) is 11.3. The van der Waals surface area contributed by atoms with Crippen molar-refractivity contribution in [1.82, 2.24) is 0 Å².